The molecule has 0 amide bonds. The van der Waals surface area contributed by atoms with Gasteiger partial charge in [-0.3, -0.25) is 9.78 Å². The van der Waals surface area contributed by atoms with E-state index in [0.29, 0.717) is 5.56 Å². The normalized spacial score (nSPS) is 15.1. The van der Waals surface area contributed by atoms with Gasteiger partial charge in [0.15, 0.2) is 5.78 Å². The molecule has 0 aromatic carbocycles. The van der Waals surface area contributed by atoms with Crippen molar-refractivity contribution in [3.63, 3.8) is 0 Å². The van der Waals surface area contributed by atoms with Crippen molar-refractivity contribution >= 4 is 5.78 Å². The van der Waals surface area contributed by atoms with Gasteiger partial charge < -0.3 is 0 Å². The molecule has 0 radical (unpaired) electrons. The second kappa shape index (κ2) is 3.35. The minimum atomic E-state index is -0.0933. The van der Waals surface area contributed by atoms with Gasteiger partial charge in [-0.25, -0.2) is 0 Å². The summed E-state index contributed by atoms with van der Waals surface area (Å²) < 4.78 is 0. The van der Waals surface area contributed by atoms with Gasteiger partial charge in [-0.05, 0) is 12.1 Å². The maximum absolute atomic E-state index is 11.7. The highest BCUT2D eigenvalue weighted by Crippen LogP contribution is 2.14. The monoisotopic (exact) mass is 171 g/mol. The molecule has 2 rings (SSSR count). The van der Waals surface area contributed by atoms with Crippen molar-refractivity contribution < 1.29 is 4.79 Å². The third kappa shape index (κ3) is 1.56. The van der Waals surface area contributed by atoms with E-state index in [1.165, 1.54) is 0 Å². The third-order valence-electron chi connectivity index (χ3n) is 2.00. The van der Waals surface area contributed by atoms with Crippen LogP contribution >= 0.6 is 0 Å². The summed E-state index contributed by atoms with van der Waals surface area (Å²) in [6.45, 7) is 0. The van der Waals surface area contributed by atoms with Crippen LogP contribution in [0.15, 0.2) is 48.8 Å². The fourth-order valence-electron chi connectivity index (χ4n) is 1.31. The maximum atomic E-state index is 11.7. The summed E-state index contributed by atoms with van der Waals surface area (Å²) in [5, 5.41) is 0. The molecule has 2 heteroatoms. The van der Waals surface area contributed by atoms with Gasteiger partial charge >= 0.3 is 0 Å². The fraction of sp³-hybridized carbons (Fsp3) is 0.0909. The predicted octanol–water partition coefficient (Wildman–Crippen LogP) is 2.01. The number of rotatable bonds is 2. The molecule has 1 aromatic heterocycles. The van der Waals surface area contributed by atoms with E-state index in [0.717, 1.165) is 0 Å². The molecular weight excluding hydrogens is 162 g/mol. The first-order valence-electron chi connectivity index (χ1n) is 4.17. The molecule has 13 heavy (non-hydrogen) atoms. The van der Waals surface area contributed by atoms with E-state index in [4.69, 9.17) is 0 Å². The molecule has 0 saturated heterocycles. The van der Waals surface area contributed by atoms with E-state index in [2.05, 4.69) is 4.98 Å². The lowest BCUT2D eigenvalue weighted by Crippen LogP contribution is -2.08. The summed E-state index contributed by atoms with van der Waals surface area (Å²) in [5.41, 5.74) is 0.670. The van der Waals surface area contributed by atoms with Gasteiger partial charge in [-0.15, -0.1) is 0 Å². The van der Waals surface area contributed by atoms with Crippen LogP contribution < -0.4 is 0 Å². The Morgan fingerprint density at radius 1 is 1.31 bits per heavy atom. The van der Waals surface area contributed by atoms with Crippen LogP contribution in [0.1, 0.15) is 10.4 Å². The van der Waals surface area contributed by atoms with E-state index in [1.54, 1.807) is 24.5 Å². The van der Waals surface area contributed by atoms with Crippen LogP contribution in [0.3, 0.4) is 0 Å². The van der Waals surface area contributed by atoms with Crippen molar-refractivity contribution in [1.29, 1.82) is 0 Å². The molecule has 0 atom stereocenters. The first kappa shape index (κ1) is 7.92. The molecule has 1 heterocycles. The van der Waals surface area contributed by atoms with Gasteiger partial charge in [0.25, 0.3) is 0 Å². The van der Waals surface area contributed by atoms with Crippen LogP contribution in [-0.2, 0) is 0 Å². The Bertz CT molecular complexity index is 353. The minimum Gasteiger partial charge on any atom is -0.293 e. The Morgan fingerprint density at radius 3 is 2.69 bits per heavy atom. The zero-order chi connectivity index (χ0) is 9.10. The highest BCUT2D eigenvalue weighted by molar-refractivity contribution is 6.00. The van der Waals surface area contributed by atoms with Crippen molar-refractivity contribution in [3.05, 3.63) is 54.4 Å². The molecule has 64 valence electrons. The average Bonchev–Trinajstić information content (AvgIpc) is 2.71. The van der Waals surface area contributed by atoms with Crippen LogP contribution in [-0.4, -0.2) is 10.8 Å². The highest BCUT2D eigenvalue weighted by Gasteiger charge is 2.15. The van der Waals surface area contributed by atoms with Gasteiger partial charge in [0.05, 0.1) is 5.92 Å². The van der Waals surface area contributed by atoms with Crippen molar-refractivity contribution in [2.45, 2.75) is 0 Å². The number of hydrogen-bond acceptors (Lipinski definition) is 2. The number of ketones is 1. The van der Waals surface area contributed by atoms with Gasteiger partial charge in [0.2, 0.25) is 0 Å². The molecule has 0 aliphatic heterocycles. The predicted molar refractivity (Wildman–Crippen MR) is 50.3 cm³/mol. The number of nitrogens with zero attached hydrogens (tertiary/aromatic N) is 1. The number of aromatic nitrogens is 1. The van der Waals surface area contributed by atoms with E-state index < -0.39 is 0 Å². The number of carbonyl (C=O) groups is 1. The topological polar surface area (TPSA) is 30.0 Å². The van der Waals surface area contributed by atoms with E-state index in [9.17, 15) is 4.79 Å². The average molecular weight is 171 g/mol. The standard InChI is InChI=1S/C11H9NO/c13-11(9-4-1-2-5-9)10-6-3-7-12-8-10/h1-9H. The van der Waals surface area contributed by atoms with Gasteiger partial charge in [-0.2, -0.15) is 0 Å². The Labute approximate surface area is 76.6 Å². The molecule has 0 unspecified atom stereocenters. The Kier molecular flexibility index (Phi) is 2.04. The summed E-state index contributed by atoms with van der Waals surface area (Å²) in [4.78, 5) is 15.6. The van der Waals surface area contributed by atoms with Crippen LogP contribution in [0.4, 0.5) is 0 Å². The van der Waals surface area contributed by atoms with Crippen LogP contribution in [0.25, 0.3) is 0 Å². The SMILES string of the molecule is O=C(c1cccnc1)C1C=CC=C1. The van der Waals surface area contributed by atoms with Crippen molar-refractivity contribution in [2.75, 3.05) is 0 Å². The molecule has 0 N–H and O–H groups in total. The molecule has 1 aromatic rings. The zero-order valence-electron chi connectivity index (χ0n) is 7.05. The lowest BCUT2D eigenvalue weighted by Gasteiger charge is -2.02. The number of pyridine rings is 1. The quantitative estimate of drug-likeness (QED) is 0.637. The fourth-order valence-corrected chi connectivity index (χ4v) is 1.31. The van der Waals surface area contributed by atoms with Crippen LogP contribution in [0, 0.1) is 5.92 Å². The zero-order valence-corrected chi connectivity index (χ0v) is 7.05. The second-order valence-corrected chi connectivity index (χ2v) is 2.90. The summed E-state index contributed by atoms with van der Waals surface area (Å²) in [6.07, 6.45) is 10.8. The number of hydrogen-bond donors (Lipinski definition) is 0. The summed E-state index contributed by atoms with van der Waals surface area (Å²) in [6, 6.07) is 3.56. The first-order chi connectivity index (χ1) is 6.38. The molecule has 2 nitrogen and oxygen atoms in total. The van der Waals surface area contributed by atoms with E-state index in [-0.39, 0.29) is 11.7 Å². The largest absolute Gasteiger partial charge is 0.293 e. The van der Waals surface area contributed by atoms with Crippen LogP contribution in [0.2, 0.25) is 0 Å². The van der Waals surface area contributed by atoms with E-state index in [1.807, 2.05) is 24.3 Å². The van der Waals surface area contributed by atoms with Gasteiger partial charge in [0.1, 0.15) is 0 Å². The molecule has 1 aliphatic rings. The summed E-state index contributed by atoms with van der Waals surface area (Å²) in [7, 11) is 0. The lowest BCUT2D eigenvalue weighted by molar-refractivity contribution is 0.0965. The Hall–Kier alpha value is -1.70. The second-order valence-electron chi connectivity index (χ2n) is 2.90. The molecule has 0 spiro atoms. The van der Waals surface area contributed by atoms with Gasteiger partial charge in [-0.1, -0.05) is 24.3 Å². The van der Waals surface area contributed by atoms with Crippen molar-refractivity contribution in [1.82, 2.24) is 4.98 Å². The van der Waals surface area contributed by atoms with Crippen molar-refractivity contribution in [2.24, 2.45) is 5.92 Å². The summed E-state index contributed by atoms with van der Waals surface area (Å²) >= 11 is 0. The summed E-state index contributed by atoms with van der Waals surface area (Å²) in [5.74, 6) is 0.0160. The number of carbonyl (C=O) groups excluding carboxylic acids is 1. The maximum Gasteiger partial charge on any atom is 0.175 e. The minimum absolute atomic E-state index is 0.0933. The number of Topliss-reactive ketones (excluding diaryl/α,β-unsaturated/α-hetero) is 1. The Morgan fingerprint density at radius 2 is 2.08 bits per heavy atom. The van der Waals surface area contributed by atoms with Crippen molar-refractivity contribution in [3.8, 4) is 0 Å². The molecular formula is C11H9NO. The van der Waals surface area contributed by atoms with Gasteiger partial charge in [0, 0.05) is 18.0 Å². The first-order valence-corrected chi connectivity index (χ1v) is 4.17. The molecule has 0 fully saturated rings. The molecule has 0 saturated carbocycles. The lowest BCUT2D eigenvalue weighted by atomic mass is 10.0. The number of allylic oxidation sites excluding steroid dienone is 4. The molecule has 0 bridgehead atoms. The Balaban J connectivity index is 2.23. The van der Waals surface area contributed by atoms with E-state index >= 15 is 0 Å². The smallest absolute Gasteiger partial charge is 0.175 e. The highest BCUT2D eigenvalue weighted by atomic mass is 16.1. The molecule has 1 aliphatic carbocycles. The van der Waals surface area contributed by atoms with Crippen LogP contribution in [0.5, 0.6) is 0 Å². The third-order valence-corrected chi connectivity index (χ3v) is 2.00.